The molecule has 1 aliphatic rings. The zero-order chi connectivity index (χ0) is 16.2. The number of nitrogens with one attached hydrogen (secondary N) is 1. The van der Waals surface area contributed by atoms with Crippen molar-refractivity contribution in [1.29, 1.82) is 0 Å². The largest absolute Gasteiger partial charge is 0.324 e. The van der Waals surface area contributed by atoms with E-state index in [1.807, 2.05) is 24.3 Å². The average Bonchev–Trinajstić information content (AvgIpc) is 2.98. The molecule has 5 nitrogen and oxygen atoms in total. The SMILES string of the molecule is CCc1ccc(N2C[C@H](C(=O)Nc3cccnc3)CC2=O)cc1. The predicted octanol–water partition coefficient (Wildman–Crippen LogP) is 2.64. The summed E-state index contributed by atoms with van der Waals surface area (Å²) in [5.74, 6) is -0.492. The Hall–Kier alpha value is -2.69. The number of pyridine rings is 1. The van der Waals surface area contributed by atoms with E-state index >= 15 is 0 Å². The van der Waals surface area contributed by atoms with Crippen LogP contribution in [0.5, 0.6) is 0 Å². The van der Waals surface area contributed by atoms with Crippen LogP contribution in [0.25, 0.3) is 0 Å². The van der Waals surface area contributed by atoms with Crippen LogP contribution in [0.1, 0.15) is 18.9 Å². The number of anilines is 2. The van der Waals surface area contributed by atoms with Crippen LogP contribution in [-0.2, 0) is 16.0 Å². The summed E-state index contributed by atoms with van der Waals surface area (Å²) in [4.78, 5) is 30.2. The summed E-state index contributed by atoms with van der Waals surface area (Å²) in [5.41, 5.74) is 2.73. The van der Waals surface area contributed by atoms with Crippen molar-refractivity contribution in [3.8, 4) is 0 Å². The molecule has 1 aromatic carbocycles. The first-order valence-corrected chi connectivity index (χ1v) is 7.77. The fraction of sp³-hybridized carbons (Fsp3) is 0.278. The number of rotatable bonds is 4. The van der Waals surface area contributed by atoms with Crippen molar-refractivity contribution in [3.05, 3.63) is 54.4 Å². The van der Waals surface area contributed by atoms with Gasteiger partial charge in [0.05, 0.1) is 17.8 Å². The van der Waals surface area contributed by atoms with Gasteiger partial charge < -0.3 is 10.2 Å². The minimum absolute atomic E-state index is 0.0133. The van der Waals surface area contributed by atoms with Gasteiger partial charge in [0.25, 0.3) is 0 Å². The van der Waals surface area contributed by atoms with Gasteiger partial charge in [-0.3, -0.25) is 14.6 Å². The Morgan fingerprint density at radius 1 is 1.30 bits per heavy atom. The molecule has 2 heterocycles. The third-order valence-electron chi connectivity index (χ3n) is 4.08. The van der Waals surface area contributed by atoms with Crippen molar-refractivity contribution in [2.75, 3.05) is 16.8 Å². The van der Waals surface area contributed by atoms with Crippen LogP contribution in [0, 0.1) is 5.92 Å². The third kappa shape index (κ3) is 3.39. The molecular weight excluding hydrogens is 290 g/mol. The first-order valence-electron chi connectivity index (χ1n) is 7.77. The van der Waals surface area contributed by atoms with Gasteiger partial charge in [0, 0.05) is 24.8 Å². The van der Waals surface area contributed by atoms with Crippen molar-refractivity contribution >= 4 is 23.2 Å². The van der Waals surface area contributed by atoms with Crippen molar-refractivity contribution in [1.82, 2.24) is 4.98 Å². The highest BCUT2D eigenvalue weighted by molar-refractivity contribution is 6.03. The Morgan fingerprint density at radius 2 is 2.09 bits per heavy atom. The van der Waals surface area contributed by atoms with Gasteiger partial charge in [-0.2, -0.15) is 0 Å². The van der Waals surface area contributed by atoms with Gasteiger partial charge >= 0.3 is 0 Å². The average molecular weight is 309 g/mol. The van der Waals surface area contributed by atoms with Crippen LogP contribution in [0.3, 0.4) is 0 Å². The topological polar surface area (TPSA) is 62.3 Å². The normalized spacial score (nSPS) is 17.3. The molecule has 0 aliphatic carbocycles. The van der Waals surface area contributed by atoms with Gasteiger partial charge in [-0.15, -0.1) is 0 Å². The van der Waals surface area contributed by atoms with Crippen molar-refractivity contribution < 1.29 is 9.59 Å². The molecule has 0 bridgehead atoms. The lowest BCUT2D eigenvalue weighted by molar-refractivity contribution is -0.122. The second-order valence-corrected chi connectivity index (χ2v) is 5.66. The second-order valence-electron chi connectivity index (χ2n) is 5.66. The van der Waals surface area contributed by atoms with Crippen LogP contribution in [0.4, 0.5) is 11.4 Å². The molecule has 0 radical (unpaired) electrons. The molecule has 1 aromatic heterocycles. The van der Waals surface area contributed by atoms with Crippen LogP contribution in [-0.4, -0.2) is 23.3 Å². The Bertz CT molecular complexity index is 698. The maximum absolute atomic E-state index is 12.3. The number of hydrogen-bond acceptors (Lipinski definition) is 3. The number of aromatic nitrogens is 1. The number of carbonyl (C=O) groups excluding carboxylic acids is 2. The molecule has 1 atom stereocenters. The molecule has 1 fully saturated rings. The molecule has 1 N–H and O–H groups in total. The molecule has 0 spiro atoms. The first-order chi connectivity index (χ1) is 11.2. The van der Waals surface area contributed by atoms with E-state index in [4.69, 9.17) is 0 Å². The summed E-state index contributed by atoms with van der Waals surface area (Å²) in [5, 5.41) is 2.81. The maximum atomic E-state index is 12.3. The Balaban J connectivity index is 1.67. The van der Waals surface area contributed by atoms with E-state index in [9.17, 15) is 9.59 Å². The fourth-order valence-corrected chi connectivity index (χ4v) is 2.73. The smallest absolute Gasteiger partial charge is 0.229 e. The van der Waals surface area contributed by atoms with E-state index in [1.165, 1.54) is 5.56 Å². The molecule has 2 amide bonds. The minimum Gasteiger partial charge on any atom is -0.324 e. The first kappa shape index (κ1) is 15.2. The highest BCUT2D eigenvalue weighted by Crippen LogP contribution is 2.26. The van der Waals surface area contributed by atoms with E-state index in [-0.39, 0.29) is 24.2 Å². The molecule has 118 valence electrons. The van der Waals surface area contributed by atoms with E-state index in [1.54, 1.807) is 29.4 Å². The summed E-state index contributed by atoms with van der Waals surface area (Å²) in [6.45, 7) is 2.51. The van der Waals surface area contributed by atoms with Gasteiger partial charge in [0.2, 0.25) is 11.8 Å². The van der Waals surface area contributed by atoms with Crippen molar-refractivity contribution in [2.24, 2.45) is 5.92 Å². The number of hydrogen-bond donors (Lipinski definition) is 1. The lowest BCUT2D eigenvalue weighted by Gasteiger charge is -2.17. The molecule has 1 saturated heterocycles. The molecule has 5 heteroatoms. The van der Waals surface area contributed by atoms with Crippen molar-refractivity contribution in [3.63, 3.8) is 0 Å². The summed E-state index contributed by atoms with van der Waals surface area (Å²) in [6, 6.07) is 11.5. The summed E-state index contributed by atoms with van der Waals surface area (Å²) >= 11 is 0. The monoisotopic (exact) mass is 309 g/mol. The van der Waals surface area contributed by atoms with E-state index in [0.29, 0.717) is 12.2 Å². The fourth-order valence-electron chi connectivity index (χ4n) is 2.73. The number of nitrogens with zero attached hydrogens (tertiary/aromatic N) is 2. The predicted molar refractivity (Wildman–Crippen MR) is 89.1 cm³/mol. The molecule has 2 aromatic rings. The third-order valence-corrected chi connectivity index (χ3v) is 4.08. The number of aryl methyl sites for hydroxylation is 1. The van der Waals surface area contributed by atoms with Gasteiger partial charge in [-0.05, 0) is 36.2 Å². The highest BCUT2D eigenvalue weighted by Gasteiger charge is 2.35. The lowest BCUT2D eigenvalue weighted by atomic mass is 10.1. The zero-order valence-corrected chi connectivity index (χ0v) is 13.0. The van der Waals surface area contributed by atoms with Crippen LogP contribution in [0.15, 0.2) is 48.8 Å². The molecule has 23 heavy (non-hydrogen) atoms. The quantitative estimate of drug-likeness (QED) is 0.944. The Morgan fingerprint density at radius 3 is 2.74 bits per heavy atom. The minimum atomic E-state index is -0.339. The molecule has 3 rings (SSSR count). The summed E-state index contributed by atoms with van der Waals surface area (Å²) in [7, 11) is 0. The van der Waals surface area contributed by atoms with Gasteiger partial charge in [0.1, 0.15) is 0 Å². The van der Waals surface area contributed by atoms with Gasteiger partial charge in [-0.25, -0.2) is 0 Å². The van der Waals surface area contributed by atoms with Crippen molar-refractivity contribution in [2.45, 2.75) is 19.8 Å². The van der Waals surface area contributed by atoms with Gasteiger partial charge in [-0.1, -0.05) is 19.1 Å². The molecule has 0 saturated carbocycles. The Labute approximate surface area is 135 Å². The summed E-state index contributed by atoms with van der Waals surface area (Å²) < 4.78 is 0. The van der Waals surface area contributed by atoms with E-state index in [2.05, 4.69) is 17.2 Å². The Kier molecular flexibility index (Phi) is 4.37. The van der Waals surface area contributed by atoms with Crippen LogP contribution in [0.2, 0.25) is 0 Å². The van der Waals surface area contributed by atoms with Crippen LogP contribution < -0.4 is 10.2 Å². The summed E-state index contributed by atoms with van der Waals surface area (Å²) in [6.07, 6.45) is 4.44. The zero-order valence-electron chi connectivity index (χ0n) is 13.0. The number of benzene rings is 1. The maximum Gasteiger partial charge on any atom is 0.229 e. The standard InChI is InChI=1S/C18H19N3O2/c1-2-13-5-7-16(8-6-13)21-12-14(10-17(21)22)18(23)20-15-4-3-9-19-11-15/h3-9,11,14H,2,10,12H2,1H3,(H,20,23)/t14-/m1/s1. The van der Waals surface area contributed by atoms with E-state index in [0.717, 1.165) is 12.1 Å². The molecular formula is C18H19N3O2. The number of amides is 2. The highest BCUT2D eigenvalue weighted by atomic mass is 16.2. The lowest BCUT2D eigenvalue weighted by Crippen LogP contribution is -2.28. The number of carbonyl (C=O) groups is 2. The molecule has 0 unspecified atom stereocenters. The van der Waals surface area contributed by atoms with Crippen LogP contribution >= 0.6 is 0 Å². The molecule has 1 aliphatic heterocycles. The van der Waals surface area contributed by atoms with Gasteiger partial charge in [0.15, 0.2) is 0 Å². The van der Waals surface area contributed by atoms with E-state index < -0.39 is 0 Å². The second kappa shape index (κ2) is 6.60.